The van der Waals surface area contributed by atoms with Gasteiger partial charge in [0.1, 0.15) is 11.6 Å². The van der Waals surface area contributed by atoms with Crippen LogP contribution in [0.15, 0.2) is 35.4 Å². The zero-order chi connectivity index (χ0) is 17.2. The van der Waals surface area contributed by atoms with E-state index in [9.17, 15) is 8.42 Å². The van der Waals surface area contributed by atoms with Gasteiger partial charge in [0, 0.05) is 20.3 Å². The maximum atomic E-state index is 12.5. The highest BCUT2D eigenvalue weighted by molar-refractivity contribution is 7.89. The van der Waals surface area contributed by atoms with Crippen molar-refractivity contribution in [3.05, 3.63) is 47.4 Å². The highest BCUT2D eigenvalue weighted by Gasteiger charge is 2.18. The van der Waals surface area contributed by atoms with Crippen LogP contribution >= 0.6 is 0 Å². The second kappa shape index (κ2) is 6.86. The van der Waals surface area contributed by atoms with Crippen LogP contribution in [0, 0.1) is 0 Å². The van der Waals surface area contributed by atoms with E-state index < -0.39 is 10.0 Å². The number of anilines is 1. The van der Waals surface area contributed by atoms with E-state index in [1.54, 1.807) is 24.4 Å². The lowest BCUT2D eigenvalue weighted by Gasteiger charge is -2.17. The van der Waals surface area contributed by atoms with Gasteiger partial charge >= 0.3 is 0 Å². The molecule has 0 saturated carbocycles. The highest BCUT2D eigenvalue weighted by Crippen LogP contribution is 2.24. The standard InChI is InChI=1S/C17H22N4O2S/c1-21(2)17-9-10-18-16(20-17)12-19-24(22,23)15-8-7-13-5-3-4-6-14(13)11-15/h7-11,19H,3-6,12H2,1-2H3. The molecular weight excluding hydrogens is 324 g/mol. The van der Waals surface area contributed by atoms with Crippen LogP contribution in [0.1, 0.15) is 29.8 Å². The Kier molecular flexibility index (Phi) is 4.82. The Morgan fingerprint density at radius 1 is 1.12 bits per heavy atom. The Morgan fingerprint density at radius 3 is 2.62 bits per heavy atom. The fourth-order valence-corrected chi connectivity index (χ4v) is 3.87. The first-order chi connectivity index (χ1) is 11.5. The molecule has 0 bridgehead atoms. The lowest BCUT2D eigenvalue weighted by atomic mass is 9.92. The zero-order valence-corrected chi connectivity index (χ0v) is 14.8. The molecule has 1 N–H and O–H groups in total. The fourth-order valence-electron chi connectivity index (χ4n) is 2.84. The number of hydrogen-bond donors (Lipinski definition) is 1. The van der Waals surface area contributed by atoms with Gasteiger partial charge in [-0.15, -0.1) is 0 Å². The molecule has 3 rings (SSSR count). The quantitative estimate of drug-likeness (QED) is 0.895. The second-order valence-electron chi connectivity index (χ2n) is 6.19. The Labute approximate surface area is 143 Å². The van der Waals surface area contributed by atoms with Crippen molar-refractivity contribution in [1.82, 2.24) is 14.7 Å². The van der Waals surface area contributed by atoms with E-state index >= 15 is 0 Å². The van der Waals surface area contributed by atoms with E-state index in [-0.39, 0.29) is 6.54 Å². The molecule has 24 heavy (non-hydrogen) atoms. The first kappa shape index (κ1) is 16.9. The average molecular weight is 346 g/mol. The number of rotatable bonds is 5. The maximum absolute atomic E-state index is 12.5. The molecule has 0 saturated heterocycles. The number of aryl methyl sites for hydroxylation is 2. The van der Waals surface area contributed by atoms with E-state index in [1.807, 2.05) is 25.1 Å². The molecule has 1 heterocycles. The Balaban J connectivity index is 1.75. The molecule has 1 aromatic heterocycles. The number of fused-ring (bicyclic) bond motifs is 1. The predicted octanol–water partition coefficient (Wildman–Crippen LogP) is 1.90. The SMILES string of the molecule is CN(C)c1ccnc(CNS(=O)(=O)c2ccc3c(c2)CCCC3)n1. The average Bonchev–Trinajstić information content (AvgIpc) is 2.60. The van der Waals surface area contributed by atoms with Crippen molar-refractivity contribution in [2.45, 2.75) is 37.1 Å². The van der Waals surface area contributed by atoms with E-state index in [1.165, 1.54) is 12.0 Å². The molecule has 0 radical (unpaired) electrons. The third kappa shape index (κ3) is 3.73. The largest absolute Gasteiger partial charge is 0.363 e. The van der Waals surface area contributed by atoms with Crippen LogP contribution in [-0.2, 0) is 29.4 Å². The van der Waals surface area contributed by atoms with Gasteiger partial charge in [-0.2, -0.15) is 0 Å². The Hall–Kier alpha value is -1.99. The number of sulfonamides is 1. The summed E-state index contributed by atoms with van der Waals surface area (Å²) in [5, 5.41) is 0. The first-order valence-electron chi connectivity index (χ1n) is 8.06. The molecule has 2 aromatic rings. The molecule has 7 heteroatoms. The van der Waals surface area contributed by atoms with Crippen molar-refractivity contribution in [2.24, 2.45) is 0 Å². The monoisotopic (exact) mass is 346 g/mol. The number of nitrogens with one attached hydrogen (secondary N) is 1. The molecule has 0 atom stereocenters. The van der Waals surface area contributed by atoms with Crippen molar-refractivity contribution in [2.75, 3.05) is 19.0 Å². The minimum absolute atomic E-state index is 0.0705. The summed E-state index contributed by atoms with van der Waals surface area (Å²) in [5.41, 5.74) is 2.41. The van der Waals surface area contributed by atoms with E-state index in [2.05, 4.69) is 14.7 Å². The zero-order valence-electron chi connectivity index (χ0n) is 14.0. The fraction of sp³-hybridized carbons (Fsp3) is 0.412. The summed E-state index contributed by atoms with van der Waals surface area (Å²) in [6.07, 6.45) is 5.91. The molecule has 0 amide bonds. The van der Waals surface area contributed by atoms with Crippen molar-refractivity contribution < 1.29 is 8.42 Å². The van der Waals surface area contributed by atoms with Crippen LogP contribution < -0.4 is 9.62 Å². The lowest BCUT2D eigenvalue weighted by Crippen LogP contribution is -2.25. The third-order valence-corrected chi connectivity index (χ3v) is 5.60. The molecule has 0 aliphatic heterocycles. The van der Waals surface area contributed by atoms with Crippen molar-refractivity contribution >= 4 is 15.8 Å². The molecule has 1 aromatic carbocycles. The number of aromatic nitrogens is 2. The molecular formula is C17H22N4O2S. The number of hydrogen-bond acceptors (Lipinski definition) is 5. The van der Waals surface area contributed by atoms with E-state index in [0.717, 1.165) is 30.6 Å². The summed E-state index contributed by atoms with van der Waals surface area (Å²) >= 11 is 0. The Bertz CT molecular complexity index is 834. The van der Waals surface area contributed by atoms with Gasteiger partial charge < -0.3 is 4.90 Å². The minimum atomic E-state index is -3.57. The van der Waals surface area contributed by atoms with Crippen LogP contribution in [0.25, 0.3) is 0 Å². The minimum Gasteiger partial charge on any atom is -0.363 e. The van der Waals surface area contributed by atoms with Gasteiger partial charge in [-0.1, -0.05) is 6.07 Å². The van der Waals surface area contributed by atoms with Crippen molar-refractivity contribution in [3.63, 3.8) is 0 Å². The number of nitrogens with zero attached hydrogens (tertiary/aromatic N) is 3. The van der Waals surface area contributed by atoms with Crippen LogP contribution in [0.3, 0.4) is 0 Å². The van der Waals surface area contributed by atoms with Gasteiger partial charge in [-0.25, -0.2) is 23.1 Å². The summed E-state index contributed by atoms with van der Waals surface area (Å²) < 4.78 is 27.7. The predicted molar refractivity (Wildman–Crippen MR) is 93.5 cm³/mol. The molecule has 6 nitrogen and oxygen atoms in total. The third-order valence-electron chi connectivity index (χ3n) is 4.20. The molecule has 0 fully saturated rings. The van der Waals surface area contributed by atoms with Gasteiger partial charge in [0.05, 0.1) is 11.4 Å². The van der Waals surface area contributed by atoms with Crippen LogP contribution in [0.2, 0.25) is 0 Å². The van der Waals surface area contributed by atoms with Crippen LogP contribution in [-0.4, -0.2) is 32.5 Å². The smallest absolute Gasteiger partial charge is 0.240 e. The topological polar surface area (TPSA) is 75.2 Å². The van der Waals surface area contributed by atoms with Gasteiger partial charge in [-0.05, 0) is 55.0 Å². The summed E-state index contributed by atoms with van der Waals surface area (Å²) in [5.74, 6) is 1.19. The normalized spacial score (nSPS) is 14.2. The van der Waals surface area contributed by atoms with Gasteiger partial charge in [0.2, 0.25) is 10.0 Å². The summed E-state index contributed by atoms with van der Waals surface area (Å²) in [6.45, 7) is 0.0705. The van der Waals surface area contributed by atoms with Gasteiger partial charge in [-0.3, -0.25) is 0 Å². The van der Waals surface area contributed by atoms with E-state index in [4.69, 9.17) is 0 Å². The molecule has 0 unspecified atom stereocenters. The lowest BCUT2D eigenvalue weighted by molar-refractivity contribution is 0.578. The van der Waals surface area contributed by atoms with Gasteiger partial charge in [0.15, 0.2) is 0 Å². The second-order valence-corrected chi connectivity index (χ2v) is 7.95. The number of benzene rings is 1. The van der Waals surface area contributed by atoms with Crippen molar-refractivity contribution in [3.8, 4) is 0 Å². The molecule has 1 aliphatic carbocycles. The van der Waals surface area contributed by atoms with Gasteiger partial charge in [0.25, 0.3) is 0 Å². The first-order valence-corrected chi connectivity index (χ1v) is 9.55. The van der Waals surface area contributed by atoms with E-state index in [0.29, 0.717) is 10.7 Å². The molecule has 0 spiro atoms. The highest BCUT2D eigenvalue weighted by atomic mass is 32.2. The maximum Gasteiger partial charge on any atom is 0.240 e. The Morgan fingerprint density at radius 2 is 1.88 bits per heavy atom. The summed E-state index contributed by atoms with van der Waals surface area (Å²) in [6, 6.07) is 7.20. The summed E-state index contributed by atoms with van der Waals surface area (Å²) in [4.78, 5) is 10.6. The molecule has 128 valence electrons. The van der Waals surface area contributed by atoms with Crippen LogP contribution in [0.5, 0.6) is 0 Å². The summed E-state index contributed by atoms with van der Waals surface area (Å²) in [7, 11) is 0.188. The van der Waals surface area contributed by atoms with Crippen molar-refractivity contribution in [1.29, 1.82) is 0 Å². The van der Waals surface area contributed by atoms with Crippen LogP contribution in [0.4, 0.5) is 5.82 Å². The molecule has 1 aliphatic rings.